The molecule has 0 aromatic heterocycles. The molecule has 0 saturated carbocycles. The lowest BCUT2D eigenvalue weighted by Crippen LogP contribution is -2.37. The second kappa shape index (κ2) is 9.33. The monoisotopic (exact) mass is 400 g/mol. The fourth-order valence-electron chi connectivity index (χ4n) is 3.45. The first-order chi connectivity index (χ1) is 13.4. The minimum Gasteiger partial charge on any atom is -0.481 e. The van der Waals surface area contributed by atoms with E-state index in [4.69, 9.17) is 16.3 Å². The van der Waals surface area contributed by atoms with Gasteiger partial charge in [-0.25, -0.2) is 0 Å². The molecule has 5 heteroatoms. The topological polar surface area (TPSA) is 41.6 Å². The maximum Gasteiger partial charge on any atom is 0.261 e. The Morgan fingerprint density at radius 3 is 2.46 bits per heavy atom. The summed E-state index contributed by atoms with van der Waals surface area (Å²) < 4.78 is 5.70. The Balaban J connectivity index is 1.54. The van der Waals surface area contributed by atoms with Crippen LogP contribution in [0.2, 0.25) is 5.02 Å². The summed E-state index contributed by atoms with van der Waals surface area (Å²) in [6.45, 7) is 8.28. The van der Waals surface area contributed by atoms with Gasteiger partial charge in [-0.2, -0.15) is 0 Å². The fraction of sp³-hybridized carbons (Fsp3) is 0.435. The van der Waals surface area contributed by atoms with Crippen molar-refractivity contribution in [3.63, 3.8) is 0 Å². The van der Waals surface area contributed by atoms with Gasteiger partial charge in [-0.15, -0.1) is 0 Å². The van der Waals surface area contributed by atoms with Gasteiger partial charge in [-0.3, -0.25) is 4.79 Å². The van der Waals surface area contributed by atoms with Crippen molar-refractivity contribution >= 4 is 23.2 Å². The SMILES string of the molecule is CC1CCN(c2ccc([C@H](C)NC(=O)[C@@H](C)Oc3cccc(Cl)c3)cc2)CC1. The predicted octanol–water partition coefficient (Wildman–Crippen LogP) is 5.22. The van der Waals surface area contributed by atoms with Gasteiger partial charge in [0.05, 0.1) is 6.04 Å². The standard InChI is InChI=1S/C23H29ClN2O2/c1-16-11-13-26(14-12-16)21-9-7-19(8-10-21)17(2)25-23(27)18(3)28-22-6-4-5-20(24)15-22/h4-10,15-18H,11-14H2,1-3H3,(H,25,27)/t17-,18+/m0/s1. The van der Waals surface area contributed by atoms with Crippen molar-refractivity contribution in [1.29, 1.82) is 0 Å². The van der Waals surface area contributed by atoms with Gasteiger partial charge in [0, 0.05) is 23.8 Å². The Kier molecular flexibility index (Phi) is 6.84. The Hall–Kier alpha value is -2.20. The van der Waals surface area contributed by atoms with Gasteiger partial charge >= 0.3 is 0 Å². The van der Waals surface area contributed by atoms with Crippen LogP contribution in [0.25, 0.3) is 0 Å². The molecule has 0 unspecified atom stereocenters. The summed E-state index contributed by atoms with van der Waals surface area (Å²) in [6.07, 6.45) is 1.90. The molecule has 2 aromatic carbocycles. The van der Waals surface area contributed by atoms with Gasteiger partial charge < -0.3 is 15.0 Å². The first-order valence-corrected chi connectivity index (χ1v) is 10.4. The van der Waals surface area contributed by atoms with Gasteiger partial charge in [0.15, 0.2) is 6.10 Å². The van der Waals surface area contributed by atoms with E-state index in [9.17, 15) is 4.79 Å². The van der Waals surface area contributed by atoms with Crippen LogP contribution in [-0.2, 0) is 4.79 Å². The van der Waals surface area contributed by atoms with Gasteiger partial charge in [0.1, 0.15) is 5.75 Å². The predicted molar refractivity (Wildman–Crippen MR) is 115 cm³/mol. The lowest BCUT2D eigenvalue weighted by atomic mass is 9.98. The van der Waals surface area contributed by atoms with E-state index in [0.717, 1.165) is 24.6 Å². The number of nitrogens with one attached hydrogen (secondary N) is 1. The third-order valence-electron chi connectivity index (χ3n) is 5.38. The normalized spacial score (nSPS) is 17.1. The molecule has 150 valence electrons. The van der Waals surface area contributed by atoms with E-state index in [1.54, 1.807) is 31.2 Å². The fourth-order valence-corrected chi connectivity index (χ4v) is 3.63. The van der Waals surface area contributed by atoms with E-state index in [-0.39, 0.29) is 11.9 Å². The average molecular weight is 401 g/mol. The summed E-state index contributed by atoms with van der Waals surface area (Å²) in [6, 6.07) is 15.5. The molecule has 4 nitrogen and oxygen atoms in total. The van der Waals surface area contributed by atoms with Crippen molar-refractivity contribution in [2.75, 3.05) is 18.0 Å². The van der Waals surface area contributed by atoms with Crippen LogP contribution < -0.4 is 15.0 Å². The molecule has 1 aliphatic rings. The van der Waals surface area contributed by atoms with Crippen LogP contribution >= 0.6 is 11.6 Å². The number of ether oxygens (including phenoxy) is 1. The number of amides is 1. The molecule has 0 aliphatic carbocycles. The van der Waals surface area contributed by atoms with Gasteiger partial charge in [0.2, 0.25) is 0 Å². The van der Waals surface area contributed by atoms with E-state index in [1.165, 1.54) is 18.5 Å². The van der Waals surface area contributed by atoms with Crippen LogP contribution in [0.4, 0.5) is 5.69 Å². The molecule has 1 N–H and O–H groups in total. The van der Waals surface area contributed by atoms with Crippen LogP contribution in [0.1, 0.15) is 45.2 Å². The Labute approximate surface area is 172 Å². The van der Waals surface area contributed by atoms with Gasteiger partial charge in [-0.1, -0.05) is 36.7 Å². The minimum atomic E-state index is -0.601. The summed E-state index contributed by atoms with van der Waals surface area (Å²) >= 11 is 5.96. The van der Waals surface area contributed by atoms with Crippen molar-refractivity contribution in [3.8, 4) is 5.75 Å². The first-order valence-electron chi connectivity index (χ1n) is 10.00. The maximum absolute atomic E-state index is 12.5. The summed E-state index contributed by atoms with van der Waals surface area (Å²) in [5.41, 5.74) is 2.34. The quantitative estimate of drug-likeness (QED) is 0.722. The second-order valence-corrected chi connectivity index (χ2v) is 8.15. The van der Waals surface area contributed by atoms with Crippen LogP contribution in [0, 0.1) is 5.92 Å². The molecule has 1 aliphatic heterocycles. The lowest BCUT2D eigenvalue weighted by molar-refractivity contribution is -0.127. The highest BCUT2D eigenvalue weighted by Gasteiger charge is 2.19. The highest BCUT2D eigenvalue weighted by atomic mass is 35.5. The van der Waals surface area contributed by atoms with E-state index >= 15 is 0 Å². The zero-order chi connectivity index (χ0) is 20.1. The Bertz CT molecular complexity index is 785. The third kappa shape index (κ3) is 5.41. The molecule has 1 heterocycles. The summed E-state index contributed by atoms with van der Waals surface area (Å²) in [7, 11) is 0. The molecular formula is C23H29ClN2O2. The van der Waals surface area contributed by atoms with E-state index in [1.807, 2.05) is 6.92 Å². The van der Waals surface area contributed by atoms with Gasteiger partial charge in [0.25, 0.3) is 5.91 Å². The summed E-state index contributed by atoms with van der Waals surface area (Å²) in [5.74, 6) is 1.26. The molecule has 3 rings (SSSR count). The number of carbonyl (C=O) groups is 1. The van der Waals surface area contributed by atoms with Crippen molar-refractivity contribution in [3.05, 3.63) is 59.1 Å². The summed E-state index contributed by atoms with van der Waals surface area (Å²) in [4.78, 5) is 14.9. The molecule has 2 aromatic rings. The molecule has 1 amide bonds. The van der Waals surface area contributed by atoms with E-state index in [0.29, 0.717) is 10.8 Å². The average Bonchev–Trinajstić information content (AvgIpc) is 2.68. The molecular weight excluding hydrogens is 372 g/mol. The number of piperidine rings is 1. The second-order valence-electron chi connectivity index (χ2n) is 7.71. The first kappa shape index (κ1) is 20.5. The Morgan fingerprint density at radius 1 is 1.14 bits per heavy atom. The van der Waals surface area contributed by atoms with Crippen molar-refractivity contribution in [1.82, 2.24) is 5.32 Å². The number of carbonyl (C=O) groups excluding carboxylic acids is 1. The maximum atomic E-state index is 12.5. The van der Waals surface area contributed by atoms with Crippen molar-refractivity contribution < 1.29 is 9.53 Å². The highest BCUT2D eigenvalue weighted by molar-refractivity contribution is 6.30. The number of hydrogen-bond donors (Lipinski definition) is 1. The number of nitrogens with zero attached hydrogens (tertiary/aromatic N) is 1. The van der Waals surface area contributed by atoms with Crippen LogP contribution in [0.15, 0.2) is 48.5 Å². The molecule has 28 heavy (non-hydrogen) atoms. The summed E-state index contributed by atoms with van der Waals surface area (Å²) in [5, 5.41) is 3.61. The van der Waals surface area contributed by atoms with Crippen LogP contribution in [0.3, 0.4) is 0 Å². The zero-order valence-corrected chi connectivity index (χ0v) is 17.6. The number of anilines is 1. The number of rotatable bonds is 6. The molecule has 1 saturated heterocycles. The van der Waals surface area contributed by atoms with E-state index < -0.39 is 6.10 Å². The largest absolute Gasteiger partial charge is 0.481 e. The van der Waals surface area contributed by atoms with Gasteiger partial charge in [-0.05, 0) is 68.5 Å². The van der Waals surface area contributed by atoms with E-state index in [2.05, 4.69) is 41.4 Å². The van der Waals surface area contributed by atoms with Crippen molar-refractivity contribution in [2.45, 2.75) is 45.8 Å². The molecule has 0 spiro atoms. The third-order valence-corrected chi connectivity index (χ3v) is 5.61. The number of hydrogen-bond acceptors (Lipinski definition) is 3. The molecule has 0 bridgehead atoms. The smallest absolute Gasteiger partial charge is 0.261 e. The van der Waals surface area contributed by atoms with Crippen molar-refractivity contribution in [2.24, 2.45) is 5.92 Å². The highest BCUT2D eigenvalue weighted by Crippen LogP contribution is 2.25. The Morgan fingerprint density at radius 2 is 1.82 bits per heavy atom. The minimum absolute atomic E-state index is 0.0895. The van der Waals surface area contributed by atoms with Crippen LogP contribution in [0.5, 0.6) is 5.75 Å². The van der Waals surface area contributed by atoms with Crippen LogP contribution in [-0.4, -0.2) is 25.1 Å². The lowest BCUT2D eigenvalue weighted by Gasteiger charge is -2.32. The zero-order valence-electron chi connectivity index (χ0n) is 16.8. The molecule has 2 atom stereocenters. The number of halogens is 1. The molecule has 0 radical (unpaired) electrons. The molecule has 1 fully saturated rings. The number of benzene rings is 2.